The SMILES string of the molecule is CC.CNC.COC1=CC2CC(OC)c3ccc(OC)c(O)c3C2CC1=O. The van der Waals surface area contributed by atoms with E-state index in [9.17, 15) is 9.90 Å². The number of methoxy groups -OCH3 is 3. The first-order chi connectivity index (χ1) is 13.0. The molecule has 2 aliphatic carbocycles. The molecule has 0 saturated heterocycles. The number of ether oxygens (including phenoxy) is 3. The van der Waals surface area contributed by atoms with Crippen molar-refractivity contribution in [1.29, 1.82) is 0 Å². The minimum Gasteiger partial charge on any atom is -0.504 e. The fraction of sp³-hybridized carbons (Fsp3) is 0.571. The quantitative estimate of drug-likeness (QED) is 0.836. The summed E-state index contributed by atoms with van der Waals surface area (Å²) < 4.78 is 16.0. The monoisotopic (exact) mass is 379 g/mol. The Morgan fingerprint density at radius 3 is 2.26 bits per heavy atom. The Morgan fingerprint density at radius 1 is 1.11 bits per heavy atom. The van der Waals surface area contributed by atoms with Crippen molar-refractivity contribution in [2.24, 2.45) is 5.92 Å². The number of nitrogens with one attached hydrogen (secondary N) is 1. The van der Waals surface area contributed by atoms with E-state index in [-0.39, 0.29) is 29.5 Å². The number of aromatic hydroxyl groups is 1. The predicted molar refractivity (Wildman–Crippen MR) is 106 cm³/mol. The highest BCUT2D eigenvalue weighted by atomic mass is 16.5. The van der Waals surface area contributed by atoms with Crippen LogP contribution in [0.15, 0.2) is 24.0 Å². The number of rotatable bonds is 3. The first-order valence-electron chi connectivity index (χ1n) is 9.32. The van der Waals surface area contributed by atoms with Crippen LogP contribution in [-0.4, -0.2) is 46.3 Å². The highest BCUT2D eigenvalue weighted by molar-refractivity contribution is 5.95. The lowest BCUT2D eigenvalue weighted by molar-refractivity contribution is -0.120. The van der Waals surface area contributed by atoms with E-state index < -0.39 is 0 Å². The van der Waals surface area contributed by atoms with Crippen LogP contribution in [0, 0.1) is 5.92 Å². The molecule has 0 fully saturated rings. The van der Waals surface area contributed by atoms with Crippen molar-refractivity contribution < 1.29 is 24.1 Å². The molecule has 27 heavy (non-hydrogen) atoms. The number of Topliss-reactive ketones (excluding diaryl/α,β-unsaturated/α-hetero) is 1. The summed E-state index contributed by atoms with van der Waals surface area (Å²) in [5.41, 5.74) is 1.70. The third-order valence-corrected chi connectivity index (χ3v) is 4.70. The summed E-state index contributed by atoms with van der Waals surface area (Å²) in [5, 5.41) is 13.3. The smallest absolute Gasteiger partial charge is 0.197 e. The molecule has 3 unspecified atom stereocenters. The number of ketones is 1. The second-order valence-electron chi connectivity index (χ2n) is 6.21. The number of phenols is 1. The van der Waals surface area contributed by atoms with Crippen LogP contribution in [0.4, 0.5) is 0 Å². The summed E-state index contributed by atoms with van der Waals surface area (Å²) in [6.45, 7) is 4.00. The molecule has 0 bridgehead atoms. The Morgan fingerprint density at radius 2 is 1.74 bits per heavy atom. The number of hydrogen-bond donors (Lipinski definition) is 2. The van der Waals surface area contributed by atoms with Gasteiger partial charge in [-0.15, -0.1) is 0 Å². The molecule has 0 saturated carbocycles. The normalized spacial score (nSPS) is 22.7. The van der Waals surface area contributed by atoms with Gasteiger partial charge in [0, 0.05) is 25.0 Å². The molecule has 0 spiro atoms. The van der Waals surface area contributed by atoms with Crippen molar-refractivity contribution in [2.75, 3.05) is 35.4 Å². The summed E-state index contributed by atoms with van der Waals surface area (Å²) in [5.74, 6) is 0.933. The molecule has 152 valence electrons. The van der Waals surface area contributed by atoms with Crippen LogP contribution in [0.3, 0.4) is 0 Å². The molecular weight excluding hydrogens is 346 g/mol. The van der Waals surface area contributed by atoms with Gasteiger partial charge in [-0.3, -0.25) is 4.79 Å². The maximum absolute atomic E-state index is 12.2. The van der Waals surface area contributed by atoms with E-state index in [0.717, 1.165) is 17.5 Å². The number of benzene rings is 1. The first-order valence-corrected chi connectivity index (χ1v) is 9.32. The molecule has 0 radical (unpaired) electrons. The van der Waals surface area contributed by atoms with Gasteiger partial charge in [0.05, 0.1) is 20.3 Å². The van der Waals surface area contributed by atoms with Crippen LogP contribution in [0.25, 0.3) is 0 Å². The van der Waals surface area contributed by atoms with E-state index in [4.69, 9.17) is 14.2 Å². The third-order valence-electron chi connectivity index (χ3n) is 4.70. The fourth-order valence-electron chi connectivity index (χ4n) is 3.62. The first kappa shape index (κ1) is 23.0. The Kier molecular flexibility index (Phi) is 9.32. The number of allylic oxidation sites excluding steroid dienone is 2. The standard InChI is InChI=1S/C17H20O5.C2H7N.C2H6/c1-20-13-5-4-10-14(21-2)6-9-7-15(22-3)12(18)8-11(9)16(10)17(13)19;1-3-2;1-2/h4-5,7,9,11,14,19H,6,8H2,1-3H3;3H,1-2H3;1-2H3. The summed E-state index contributed by atoms with van der Waals surface area (Å²) in [7, 11) is 8.44. The molecule has 0 aromatic heterocycles. The van der Waals surface area contributed by atoms with Crippen molar-refractivity contribution >= 4 is 5.78 Å². The van der Waals surface area contributed by atoms with Gasteiger partial charge >= 0.3 is 0 Å². The molecule has 6 heteroatoms. The van der Waals surface area contributed by atoms with E-state index >= 15 is 0 Å². The van der Waals surface area contributed by atoms with E-state index in [1.807, 2.05) is 40.1 Å². The van der Waals surface area contributed by atoms with Gasteiger partial charge in [-0.25, -0.2) is 0 Å². The van der Waals surface area contributed by atoms with Crippen molar-refractivity contribution in [3.63, 3.8) is 0 Å². The maximum Gasteiger partial charge on any atom is 0.197 e. The lowest BCUT2D eigenvalue weighted by Crippen LogP contribution is -2.30. The number of hydrogen-bond acceptors (Lipinski definition) is 6. The zero-order valence-electron chi connectivity index (χ0n) is 17.5. The van der Waals surface area contributed by atoms with Gasteiger partial charge < -0.3 is 24.6 Å². The largest absolute Gasteiger partial charge is 0.504 e. The van der Waals surface area contributed by atoms with Crippen LogP contribution in [0.1, 0.15) is 49.8 Å². The number of carbonyl (C=O) groups is 1. The van der Waals surface area contributed by atoms with Crippen molar-refractivity contribution in [1.82, 2.24) is 5.32 Å². The topological polar surface area (TPSA) is 77.0 Å². The Labute approximate surface area is 162 Å². The third kappa shape index (κ3) is 4.82. The van der Waals surface area contributed by atoms with Gasteiger partial charge in [-0.1, -0.05) is 19.9 Å². The van der Waals surface area contributed by atoms with Crippen LogP contribution < -0.4 is 10.1 Å². The van der Waals surface area contributed by atoms with Crippen molar-refractivity contribution in [3.05, 3.63) is 35.1 Å². The van der Waals surface area contributed by atoms with Gasteiger partial charge in [0.15, 0.2) is 23.0 Å². The zero-order valence-corrected chi connectivity index (χ0v) is 17.5. The molecule has 2 aliphatic rings. The summed E-state index contributed by atoms with van der Waals surface area (Å²) >= 11 is 0. The Balaban J connectivity index is 0.000000665. The van der Waals surface area contributed by atoms with Crippen molar-refractivity contribution in [3.8, 4) is 11.5 Å². The molecule has 3 rings (SSSR count). The molecule has 0 aliphatic heterocycles. The van der Waals surface area contributed by atoms with Crippen LogP contribution in [-0.2, 0) is 14.3 Å². The van der Waals surface area contributed by atoms with Crippen LogP contribution in [0.5, 0.6) is 11.5 Å². The summed E-state index contributed by atoms with van der Waals surface area (Å²) in [6, 6.07) is 3.65. The molecule has 0 heterocycles. The second-order valence-corrected chi connectivity index (χ2v) is 6.21. The van der Waals surface area contributed by atoms with Crippen LogP contribution >= 0.6 is 0 Å². The molecule has 3 atom stereocenters. The summed E-state index contributed by atoms with van der Waals surface area (Å²) in [6.07, 6.45) is 2.84. The second kappa shape index (κ2) is 10.9. The van der Waals surface area contributed by atoms with Gasteiger partial charge in [0.25, 0.3) is 0 Å². The Bertz CT molecular complexity index is 656. The van der Waals surface area contributed by atoms with Gasteiger partial charge in [-0.05, 0) is 44.1 Å². The van der Waals surface area contributed by atoms with Gasteiger partial charge in [0.1, 0.15) is 0 Å². The molecule has 2 N–H and O–H groups in total. The van der Waals surface area contributed by atoms with Crippen LogP contribution in [0.2, 0.25) is 0 Å². The highest BCUT2D eigenvalue weighted by Gasteiger charge is 2.41. The average Bonchev–Trinajstić information content (AvgIpc) is 2.69. The lowest BCUT2D eigenvalue weighted by Gasteiger charge is -2.38. The highest BCUT2D eigenvalue weighted by Crippen LogP contribution is 2.52. The van der Waals surface area contributed by atoms with E-state index in [0.29, 0.717) is 17.9 Å². The maximum atomic E-state index is 12.2. The molecule has 1 aromatic carbocycles. The summed E-state index contributed by atoms with van der Waals surface area (Å²) in [4.78, 5) is 12.2. The zero-order chi connectivity index (χ0) is 20.6. The fourth-order valence-corrected chi connectivity index (χ4v) is 3.62. The molecule has 6 nitrogen and oxygen atoms in total. The van der Waals surface area contributed by atoms with Crippen molar-refractivity contribution in [2.45, 2.75) is 38.7 Å². The van der Waals surface area contributed by atoms with Gasteiger partial charge in [0.2, 0.25) is 0 Å². The van der Waals surface area contributed by atoms with E-state index in [1.54, 1.807) is 13.2 Å². The average molecular weight is 379 g/mol. The predicted octanol–water partition coefficient (Wildman–Crippen LogP) is 3.56. The lowest BCUT2D eigenvalue weighted by atomic mass is 9.68. The molecule has 0 amide bonds. The number of phenolic OH excluding ortho intramolecular Hbond substituents is 1. The minimum absolute atomic E-state index is 0.0345. The number of carbonyl (C=O) groups excluding carboxylic acids is 1. The van der Waals surface area contributed by atoms with E-state index in [1.165, 1.54) is 14.2 Å². The Hall–Kier alpha value is -2.05. The number of fused-ring (bicyclic) bond motifs is 3. The molecular formula is C21H33NO5. The van der Waals surface area contributed by atoms with E-state index in [2.05, 4.69) is 5.32 Å². The minimum atomic E-state index is -0.115. The van der Waals surface area contributed by atoms with Gasteiger partial charge in [-0.2, -0.15) is 0 Å². The molecule has 1 aromatic rings.